The zero-order valence-electron chi connectivity index (χ0n) is 22.7. The van der Waals surface area contributed by atoms with Crippen LogP contribution in [0.25, 0.3) is 0 Å². The van der Waals surface area contributed by atoms with Crippen LogP contribution in [-0.4, -0.2) is 44.4 Å². The molecule has 0 bridgehead atoms. The maximum atomic E-state index is 13.5. The van der Waals surface area contributed by atoms with Gasteiger partial charge in [-0.15, -0.1) is 5.10 Å². The molecule has 0 spiro atoms. The largest absolute Gasteiger partial charge is 0.481 e. The highest BCUT2D eigenvalue weighted by Gasteiger charge is 2.21. The van der Waals surface area contributed by atoms with Gasteiger partial charge in [0, 0.05) is 38.3 Å². The molecule has 0 amide bonds. The van der Waals surface area contributed by atoms with Crippen molar-refractivity contribution in [2.75, 3.05) is 22.9 Å². The number of benzene rings is 2. The molecule has 206 valence electrons. The lowest BCUT2D eigenvalue weighted by molar-refractivity contribution is -0.137. The van der Waals surface area contributed by atoms with Crippen LogP contribution in [0.1, 0.15) is 72.4 Å². The first-order chi connectivity index (χ1) is 18.9. The van der Waals surface area contributed by atoms with E-state index in [0.29, 0.717) is 36.6 Å². The van der Waals surface area contributed by atoms with E-state index in [1.165, 1.54) is 28.8 Å². The number of tetrazole rings is 1. The van der Waals surface area contributed by atoms with E-state index in [0.717, 1.165) is 49.2 Å². The molecule has 1 aliphatic rings. The van der Waals surface area contributed by atoms with Crippen molar-refractivity contribution in [3.63, 3.8) is 0 Å². The number of hydrogen-bond acceptors (Lipinski definition) is 7. The molecule has 1 aromatic heterocycles. The number of nitriles is 1. The van der Waals surface area contributed by atoms with Gasteiger partial charge in [-0.2, -0.15) is 10.1 Å². The summed E-state index contributed by atoms with van der Waals surface area (Å²) in [5.41, 5.74) is 6.68. The summed E-state index contributed by atoms with van der Waals surface area (Å²) in [5.74, 6) is -0.314. The molecule has 0 unspecified atom stereocenters. The van der Waals surface area contributed by atoms with Gasteiger partial charge in [-0.25, -0.2) is 4.39 Å². The van der Waals surface area contributed by atoms with Gasteiger partial charge in [0.15, 0.2) is 0 Å². The fourth-order valence-corrected chi connectivity index (χ4v) is 5.29. The van der Waals surface area contributed by atoms with E-state index in [2.05, 4.69) is 45.4 Å². The van der Waals surface area contributed by atoms with Gasteiger partial charge in [0.25, 0.3) is 5.95 Å². The zero-order chi connectivity index (χ0) is 27.8. The number of alkyl halides is 1. The number of rotatable bonds is 13. The van der Waals surface area contributed by atoms with Crippen molar-refractivity contribution in [2.45, 2.75) is 71.6 Å². The fraction of sp³-hybridized carbons (Fsp3) is 0.483. The molecule has 0 aliphatic heterocycles. The Hall–Kier alpha value is -4.00. The molecule has 0 saturated carbocycles. The average Bonchev–Trinajstić information content (AvgIpc) is 3.38. The smallest absolute Gasteiger partial charge is 0.303 e. The van der Waals surface area contributed by atoms with Crippen LogP contribution in [0.15, 0.2) is 30.3 Å². The fourth-order valence-electron chi connectivity index (χ4n) is 5.29. The van der Waals surface area contributed by atoms with Crippen LogP contribution in [0.3, 0.4) is 0 Å². The number of anilines is 2. The summed E-state index contributed by atoms with van der Waals surface area (Å²) < 4.78 is 13.5. The first kappa shape index (κ1) is 28.0. The van der Waals surface area contributed by atoms with E-state index < -0.39 is 12.6 Å². The molecule has 39 heavy (non-hydrogen) atoms. The van der Waals surface area contributed by atoms with Crippen LogP contribution >= 0.6 is 0 Å². The number of halogens is 1. The van der Waals surface area contributed by atoms with Gasteiger partial charge in [0.1, 0.15) is 6.67 Å². The van der Waals surface area contributed by atoms with Crippen molar-refractivity contribution in [1.82, 2.24) is 20.2 Å². The van der Waals surface area contributed by atoms with Crippen LogP contribution in [0.4, 0.5) is 16.0 Å². The van der Waals surface area contributed by atoms with Crippen molar-refractivity contribution >= 4 is 17.6 Å². The maximum Gasteiger partial charge on any atom is 0.303 e. The minimum atomic E-state index is -0.768. The summed E-state index contributed by atoms with van der Waals surface area (Å²) in [6, 6.07) is 11.9. The van der Waals surface area contributed by atoms with E-state index in [1.807, 2.05) is 4.90 Å². The third-order valence-electron chi connectivity index (χ3n) is 7.19. The maximum absolute atomic E-state index is 13.5. The molecule has 0 atom stereocenters. The number of unbranched alkanes of at least 4 members (excludes halogenated alkanes) is 1. The summed E-state index contributed by atoms with van der Waals surface area (Å²) in [6.07, 6.45) is 6.04. The number of aliphatic carboxylic acids is 1. The Morgan fingerprint density at radius 3 is 2.46 bits per heavy atom. The number of hydrogen-bond donors (Lipinski definition) is 1. The number of nitrogens with zero attached hydrogens (tertiary/aromatic N) is 7. The molecule has 1 N–H and O–H groups in total. The Morgan fingerprint density at radius 2 is 1.82 bits per heavy atom. The molecular formula is C29H36FN7O2. The third-order valence-corrected chi connectivity index (χ3v) is 7.19. The van der Waals surface area contributed by atoms with Crippen LogP contribution in [0.5, 0.6) is 0 Å². The van der Waals surface area contributed by atoms with E-state index in [4.69, 9.17) is 5.11 Å². The lowest BCUT2D eigenvalue weighted by Gasteiger charge is -2.31. The predicted octanol–water partition coefficient (Wildman–Crippen LogP) is 4.72. The minimum Gasteiger partial charge on any atom is -0.481 e. The lowest BCUT2D eigenvalue weighted by atomic mass is 9.89. The minimum absolute atomic E-state index is 0.170. The van der Waals surface area contributed by atoms with Gasteiger partial charge in [-0.3, -0.25) is 4.79 Å². The Balaban J connectivity index is 1.69. The average molecular weight is 534 g/mol. The molecular weight excluding hydrogens is 497 g/mol. The number of carboxylic acids is 1. The monoisotopic (exact) mass is 533 g/mol. The van der Waals surface area contributed by atoms with Crippen molar-refractivity contribution in [2.24, 2.45) is 7.05 Å². The molecule has 10 heteroatoms. The van der Waals surface area contributed by atoms with Gasteiger partial charge in [-0.1, -0.05) is 17.2 Å². The van der Waals surface area contributed by atoms with E-state index in [-0.39, 0.29) is 6.42 Å². The molecule has 9 nitrogen and oxygen atoms in total. The van der Waals surface area contributed by atoms with Crippen molar-refractivity contribution in [1.29, 1.82) is 5.26 Å². The Labute approximate surface area is 228 Å². The first-order valence-electron chi connectivity index (χ1n) is 13.6. The molecule has 3 aromatic rings. The highest BCUT2D eigenvalue weighted by atomic mass is 19.1. The summed E-state index contributed by atoms with van der Waals surface area (Å²) in [7, 11) is 1.71. The predicted molar refractivity (Wildman–Crippen MR) is 147 cm³/mol. The van der Waals surface area contributed by atoms with Crippen LogP contribution in [0, 0.1) is 11.3 Å². The first-order valence-corrected chi connectivity index (χ1v) is 13.6. The van der Waals surface area contributed by atoms with Gasteiger partial charge >= 0.3 is 5.97 Å². The number of carboxylic acid groups (broad SMARTS) is 1. The molecule has 0 radical (unpaired) electrons. The Kier molecular flexibility index (Phi) is 9.47. The number of aryl methyl sites for hydroxylation is 3. The molecule has 4 rings (SSSR count). The van der Waals surface area contributed by atoms with Crippen LogP contribution < -0.4 is 9.80 Å². The molecule has 0 fully saturated rings. The quantitative estimate of drug-likeness (QED) is 0.314. The Bertz CT molecular complexity index is 1330. The second kappa shape index (κ2) is 13.2. The van der Waals surface area contributed by atoms with Crippen molar-refractivity contribution in [3.05, 3.63) is 63.7 Å². The normalized spacial score (nSPS) is 12.6. The van der Waals surface area contributed by atoms with Crippen LogP contribution in [0.2, 0.25) is 0 Å². The second-order valence-corrected chi connectivity index (χ2v) is 10.1. The van der Waals surface area contributed by atoms with Crippen LogP contribution in [-0.2, 0) is 44.4 Å². The van der Waals surface area contributed by atoms with Crippen molar-refractivity contribution < 1.29 is 14.3 Å². The molecule has 2 aromatic carbocycles. The second-order valence-electron chi connectivity index (χ2n) is 10.1. The summed E-state index contributed by atoms with van der Waals surface area (Å²) >= 11 is 0. The van der Waals surface area contributed by atoms with Gasteiger partial charge in [0.05, 0.1) is 18.7 Å². The number of carbonyl (C=O) groups is 1. The van der Waals surface area contributed by atoms with Gasteiger partial charge < -0.3 is 14.9 Å². The lowest BCUT2D eigenvalue weighted by Crippen LogP contribution is -2.29. The molecule has 0 saturated heterocycles. The number of fused-ring (bicyclic) bond motifs is 1. The standard InChI is InChI=1S/C29H36FN7O2/c1-3-36(11-7-6-10-28(38)39)27-16-25-9-5-4-8-24(25)15-26(27)20-37(29-32-34-35(2)33-29)19-23-13-21(17-30)12-22(14-23)18-31/h12-16H,3-11,17,19-20H2,1-2H3,(H,38,39). The van der Waals surface area contributed by atoms with E-state index in [1.54, 1.807) is 25.2 Å². The van der Waals surface area contributed by atoms with Crippen molar-refractivity contribution in [3.8, 4) is 6.07 Å². The molecule has 1 aliphatic carbocycles. The third kappa shape index (κ3) is 7.31. The highest BCUT2D eigenvalue weighted by Crippen LogP contribution is 2.32. The summed E-state index contributed by atoms with van der Waals surface area (Å²) in [6.45, 7) is 3.93. The van der Waals surface area contributed by atoms with E-state index in [9.17, 15) is 14.4 Å². The zero-order valence-corrected chi connectivity index (χ0v) is 22.7. The SMILES string of the molecule is CCN(CCCCC(=O)O)c1cc2c(cc1CN(Cc1cc(C#N)cc(CF)c1)c1nnn(C)n1)CCCC2. The topological polar surface area (TPSA) is 111 Å². The Morgan fingerprint density at radius 1 is 1.08 bits per heavy atom. The molecule has 1 heterocycles. The summed E-state index contributed by atoms with van der Waals surface area (Å²) in [4.78, 5) is 16.8. The summed E-state index contributed by atoms with van der Waals surface area (Å²) in [5, 5.41) is 31.3. The van der Waals surface area contributed by atoms with Gasteiger partial charge in [-0.05, 0) is 96.7 Å². The number of aromatic nitrogens is 4. The van der Waals surface area contributed by atoms with Gasteiger partial charge in [0.2, 0.25) is 0 Å². The van der Waals surface area contributed by atoms with E-state index >= 15 is 0 Å². The highest BCUT2D eigenvalue weighted by molar-refractivity contribution is 5.66.